The van der Waals surface area contributed by atoms with Crippen LogP contribution in [0.25, 0.3) is 20.9 Å². The van der Waals surface area contributed by atoms with Gasteiger partial charge in [-0.3, -0.25) is 4.79 Å². The van der Waals surface area contributed by atoms with Crippen molar-refractivity contribution in [1.82, 2.24) is 9.97 Å². The van der Waals surface area contributed by atoms with Crippen LogP contribution in [0.4, 0.5) is 0 Å². The summed E-state index contributed by atoms with van der Waals surface area (Å²) >= 11 is 1.54. The van der Waals surface area contributed by atoms with Crippen LogP contribution < -0.4 is 9.47 Å². The Labute approximate surface area is 166 Å². The van der Waals surface area contributed by atoms with Gasteiger partial charge in [0.15, 0.2) is 5.78 Å². The molecule has 5 nitrogen and oxygen atoms in total. The number of thiazole rings is 1. The number of aromatic nitrogens is 2. The summed E-state index contributed by atoms with van der Waals surface area (Å²) in [6.45, 7) is 0. The summed E-state index contributed by atoms with van der Waals surface area (Å²) in [7, 11) is 3.13. The number of carbonyl (C=O) groups excluding carboxylic acids is 1. The van der Waals surface area contributed by atoms with Gasteiger partial charge in [0.1, 0.15) is 26.9 Å². The van der Waals surface area contributed by atoms with Gasteiger partial charge in [0.2, 0.25) is 0 Å². The summed E-state index contributed by atoms with van der Waals surface area (Å²) in [6, 6.07) is 17.0. The molecule has 2 heterocycles. The number of ketones is 1. The van der Waals surface area contributed by atoms with Crippen LogP contribution in [-0.2, 0) is 6.42 Å². The van der Waals surface area contributed by atoms with Crippen molar-refractivity contribution < 1.29 is 14.3 Å². The number of hydrogen-bond acceptors (Lipinski definition) is 6. The normalized spacial score (nSPS) is 10.8. The molecule has 0 N–H and O–H groups in total. The summed E-state index contributed by atoms with van der Waals surface area (Å²) in [5.41, 5.74) is 3.33. The number of pyridine rings is 1. The van der Waals surface area contributed by atoms with Crippen molar-refractivity contribution in [1.29, 1.82) is 0 Å². The van der Waals surface area contributed by atoms with Crippen molar-refractivity contribution in [2.24, 2.45) is 0 Å². The van der Waals surface area contributed by atoms with Gasteiger partial charge in [-0.1, -0.05) is 29.5 Å². The Kier molecular flexibility index (Phi) is 5.04. The first-order valence-corrected chi connectivity index (χ1v) is 9.55. The fraction of sp³-hybridized carbons (Fsp3) is 0.136. The largest absolute Gasteiger partial charge is 0.497 e. The first kappa shape index (κ1) is 18.1. The number of carbonyl (C=O) groups is 1. The maximum Gasteiger partial charge on any atom is 0.170 e. The monoisotopic (exact) mass is 390 g/mol. The fourth-order valence-corrected chi connectivity index (χ4v) is 3.92. The van der Waals surface area contributed by atoms with E-state index in [9.17, 15) is 4.79 Å². The van der Waals surface area contributed by atoms with Gasteiger partial charge in [-0.2, -0.15) is 0 Å². The SMILES string of the molecule is COc1ccc(C(=O)Cc2cccc(-c3nc4cccnc4s3)c2)c(OC)c1. The average Bonchev–Trinajstić information content (AvgIpc) is 3.17. The van der Waals surface area contributed by atoms with Crippen LogP contribution in [0.15, 0.2) is 60.8 Å². The molecule has 2 aromatic heterocycles. The number of ether oxygens (including phenoxy) is 2. The topological polar surface area (TPSA) is 61.3 Å². The van der Waals surface area contributed by atoms with E-state index in [1.165, 1.54) is 0 Å². The highest BCUT2D eigenvalue weighted by Crippen LogP contribution is 2.30. The second-order valence-corrected chi connectivity index (χ2v) is 7.19. The molecule has 0 aliphatic heterocycles. The summed E-state index contributed by atoms with van der Waals surface area (Å²) in [4.78, 5) is 22.7. The summed E-state index contributed by atoms with van der Waals surface area (Å²) in [5.74, 6) is 1.15. The lowest BCUT2D eigenvalue weighted by molar-refractivity contribution is 0.0990. The predicted octanol–water partition coefficient (Wildman–Crippen LogP) is 4.80. The number of rotatable bonds is 6. The molecular weight excluding hydrogens is 372 g/mol. The molecule has 0 saturated carbocycles. The van der Waals surface area contributed by atoms with Gasteiger partial charge >= 0.3 is 0 Å². The zero-order valence-electron chi connectivity index (χ0n) is 15.5. The van der Waals surface area contributed by atoms with Gasteiger partial charge in [0, 0.05) is 24.2 Å². The van der Waals surface area contributed by atoms with Crippen LogP contribution >= 0.6 is 11.3 Å². The van der Waals surface area contributed by atoms with Gasteiger partial charge in [-0.05, 0) is 35.9 Å². The molecule has 0 spiro atoms. The maximum atomic E-state index is 12.8. The Bertz CT molecular complexity index is 1120. The molecule has 0 aliphatic carbocycles. The van der Waals surface area contributed by atoms with Crippen LogP contribution in [0.2, 0.25) is 0 Å². The summed E-state index contributed by atoms with van der Waals surface area (Å²) in [5, 5.41) is 0.894. The Hall–Kier alpha value is -3.25. The molecule has 0 unspecified atom stereocenters. The molecule has 4 aromatic rings. The van der Waals surface area contributed by atoms with Gasteiger partial charge in [-0.15, -0.1) is 0 Å². The second-order valence-electron chi connectivity index (χ2n) is 6.21. The minimum atomic E-state index is -0.0115. The van der Waals surface area contributed by atoms with Gasteiger partial charge in [-0.25, -0.2) is 9.97 Å². The Morgan fingerprint density at radius 1 is 1.04 bits per heavy atom. The molecule has 0 aliphatic rings. The van der Waals surface area contributed by atoms with Crippen molar-refractivity contribution in [2.75, 3.05) is 14.2 Å². The number of nitrogens with zero attached hydrogens (tertiary/aromatic N) is 2. The minimum Gasteiger partial charge on any atom is -0.497 e. The molecule has 0 bridgehead atoms. The molecule has 0 atom stereocenters. The maximum absolute atomic E-state index is 12.8. The first-order valence-electron chi connectivity index (χ1n) is 8.74. The van der Waals surface area contributed by atoms with Crippen molar-refractivity contribution in [3.63, 3.8) is 0 Å². The third kappa shape index (κ3) is 3.59. The number of methoxy groups -OCH3 is 2. The molecule has 0 fully saturated rings. The van der Waals surface area contributed by atoms with Crippen molar-refractivity contribution in [3.8, 4) is 22.1 Å². The second kappa shape index (κ2) is 7.78. The summed E-state index contributed by atoms with van der Waals surface area (Å²) in [6.07, 6.45) is 2.04. The van der Waals surface area contributed by atoms with E-state index in [4.69, 9.17) is 9.47 Å². The lowest BCUT2D eigenvalue weighted by atomic mass is 10.0. The Morgan fingerprint density at radius 2 is 1.93 bits per heavy atom. The van der Waals surface area contributed by atoms with E-state index in [-0.39, 0.29) is 12.2 Å². The third-order valence-corrected chi connectivity index (χ3v) is 5.44. The summed E-state index contributed by atoms with van der Waals surface area (Å²) < 4.78 is 10.6. The van der Waals surface area contributed by atoms with E-state index >= 15 is 0 Å². The highest BCUT2D eigenvalue weighted by atomic mass is 32.1. The highest BCUT2D eigenvalue weighted by Gasteiger charge is 2.15. The minimum absolute atomic E-state index is 0.0115. The van der Waals surface area contributed by atoms with E-state index in [0.717, 1.165) is 26.5 Å². The van der Waals surface area contributed by atoms with Crippen LogP contribution in [0.1, 0.15) is 15.9 Å². The molecule has 0 radical (unpaired) electrons. The van der Waals surface area contributed by atoms with E-state index in [1.54, 1.807) is 50.0 Å². The number of fused-ring (bicyclic) bond motifs is 1. The van der Waals surface area contributed by atoms with Crippen molar-refractivity contribution in [3.05, 3.63) is 71.9 Å². The van der Waals surface area contributed by atoms with Crippen LogP contribution in [0.3, 0.4) is 0 Å². The quantitative estimate of drug-likeness (QED) is 0.443. The third-order valence-electron chi connectivity index (χ3n) is 4.41. The van der Waals surface area contributed by atoms with E-state index in [2.05, 4.69) is 9.97 Å². The number of benzene rings is 2. The zero-order chi connectivity index (χ0) is 19.5. The first-order chi connectivity index (χ1) is 13.7. The average molecular weight is 390 g/mol. The highest BCUT2D eigenvalue weighted by molar-refractivity contribution is 7.21. The zero-order valence-corrected chi connectivity index (χ0v) is 16.3. The lowest BCUT2D eigenvalue weighted by Crippen LogP contribution is -2.06. The molecule has 140 valence electrons. The molecule has 2 aromatic carbocycles. The molecule has 0 saturated heterocycles. The molecule has 6 heteroatoms. The van der Waals surface area contributed by atoms with Crippen LogP contribution in [0.5, 0.6) is 11.5 Å². The smallest absolute Gasteiger partial charge is 0.170 e. The molecule has 0 amide bonds. The lowest BCUT2D eigenvalue weighted by Gasteiger charge is -2.10. The molecule has 28 heavy (non-hydrogen) atoms. The van der Waals surface area contributed by atoms with Crippen molar-refractivity contribution in [2.45, 2.75) is 6.42 Å². The van der Waals surface area contributed by atoms with Gasteiger partial charge in [0.05, 0.1) is 19.8 Å². The van der Waals surface area contributed by atoms with Gasteiger partial charge < -0.3 is 9.47 Å². The standard InChI is InChI=1S/C22H18N2O3S/c1-26-16-8-9-17(20(13-16)27-2)19(25)12-14-5-3-6-15(11-14)21-24-18-7-4-10-23-22(18)28-21/h3-11,13H,12H2,1-2H3. The Balaban J connectivity index is 1.61. The molecular formula is C22H18N2O3S. The van der Waals surface area contributed by atoms with E-state index < -0.39 is 0 Å². The Morgan fingerprint density at radius 3 is 2.71 bits per heavy atom. The molecule has 4 rings (SSSR count). The van der Waals surface area contributed by atoms with E-state index in [1.807, 2.05) is 36.4 Å². The van der Waals surface area contributed by atoms with E-state index in [0.29, 0.717) is 17.1 Å². The fourth-order valence-electron chi connectivity index (χ4n) is 3.02. The number of Topliss-reactive ketones (excluding diaryl/α,β-unsaturated/α-hetero) is 1. The number of hydrogen-bond donors (Lipinski definition) is 0. The van der Waals surface area contributed by atoms with Crippen LogP contribution in [0, 0.1) is 0 Å². The van der Waals surface area contributed by atoms with Crippen LogP contribution in [-0.4, -0.2) is 30.0 Å². The van der Waals surface area contributed by atoms with Crippen molar-refractivity contribution >= 4 is 27.5 Å². The van der Waals surface area contributed by atoms with Gasteiger partial charge in [0.25, 0.3) is 0 Å². The predicted molar refractivity (Wildman–Crippen MR) is 110 cm³/mol.